The molecule has 8 nitrogen and oxygen atoms in total. The second kappa shape index (κ2) is 10.9. The predicted molar refractivity (Wildman–Crippen MR) is 105 cm³/mol. The normalized spacial score (nSPS) is 20.0. The van der Waals surface area contributed by atoms with Gasteiger partial charge in [-0.15, -0.1) is 0 Å². The number of amides is 4. The highest BCUT2D eigenvalue weighted by Gasteiger charge is 2.54. The van der Waals surface area contributed by atoms with Crippen LogP contribution in [0.1, 0.15) is 26.2 Å². The zero-order valence-electron chi connectivity index (χ0n) is 16.4. The lowest BCUT2D eigenvalue weighted by atomic mass is 9.86. The summed E-state index contributed by atoms with van der Waals surface area (Å²) >= 11 is 0. The third-order valence-electron chi connectivity index (χ3n) is 5.09. The number of hydrogen-bond donors (Lipinski definition) is 3. The number of imide groups is 2. The summed E-state index contributed by atoms with van der Waals surface area (Å²) < 4.78 is 0. The molecule has 0 saturated carbocycles. The molecule has 3 N–H and O–H groups in total. The molecule has 4 amide bonds. The lowest BCUT2D eigenvalue weighted by Crippen LogP contribution is -2.74. The Labute approximate surface area is 165 Å². The third-order valence-corrected chi connectivity index (χ3v) is 5.09. The van der Waals surface area contributed by atoms with Gasteiger partial charge >= 0.3 is 6.03 Å². The van der Waals surface area contributed by atoms with E-state index in [0.717, 1.165) is 12.8 Å². The number of hydrogen-bond acceptors (Lipinski definition) is 6. The van der Waals surface area contributed by atoms with E-state index < -0.39 is 23.4 Å². The van der Waals surface area contributed by atoms with Crippen LogP contribution in [0.4, 0.5) is 4.79 Å². The first-order valence-corrected chi connectivity index (χ1v) is 9.79. The number of carbonyl (C=O) groups is 3. The summed E-state index contributed by atoms with van der Waals surface area (Å²) in [5.41, 5.74) is -1.30. The van der Waals surface area contributed by atoms with Crippen molar-refractivity contribution in [2.24, 2.45) is 0 Å². The van der Waals surface area contributed by atoms with Gasteiger partial charge in [0.25, 0.3) is 11.8 Å². The molecular formula is C20H30N4O4. The summed E-state index contributed by atoms with van der Waals surface area (Å²) in [4.78, 5) is 40.2. The first kappa shape index (κ1) is 22.0. The van der Waals surface area contributed by atoms with Gasteiger partial charge in [0.05, 0.1) is 6.61 Å². The quantitative estimate of drug-likeness (QED) is 0.614. The largest absolute Gasteiger partial charge is 0.395 e. The Morgan fingerprint density at radius 3 is 1.86 bits per heavy atom. The molecule has 0 spiro atoms. The SMILES string of the molecule is CCCCC1(N2CCN(CCO)CC2)C(=O)NC(=O)NC1=O.c1ccccc1. The van der Waals surface area contributed by atoms with Crippen LogP contribution in [0.2, 0.25) is 0 Å². The number of aliphatic hydroxyl groups excluding tert-OH is 1. The number of β-amino-alcohol motifs (C(OH)–C–C–N with tert-alkyl or cyclic N) is 1. The molecule has 0 radical (unpaired) electrons. The minimum Gasteiger partial charge on any atom is -0.395 e. The van der Waals surface area contributed by atoms with Crippen LogP contribution in [0.3, 0.4) is 0 Å². The summed E-state index contributed by atoms with van der Waals surface area (Å²) in [7, 11) is 0. The van der Waals surface area contributed by atoms with E-state index >= 15 is 0 Å². The molecule has 0 unspecified atom stereocenters. The van der Waals surface area contributed by atoms with Crippen molar-refractivity contribution in [3.8, 4) is 0 Å². The average molecular weight is 390 g/mol. The standard InChI is InChI=1S/C14H24N4O4.C6H6/c1-2-3-4-14(11(20)15-13(22)16-12(14)21)18-7-5-17(6-8-18)9-10-19;1-2-4-6-5-3-1/h19H,2-10H2,1H3,(H2,15,16,20,21,22);1-6H. The van der Waals surface area contributed by atoms with Crippen molar-refractivity contribution in [3.63, 3.8) is 0 Å². The maximum absolute atomic E-state index is 12.5. The molecule has 2 heterocycles. The highest BCUT2D eigenvalue weighted by atomic mass is 16.3. The number of unbranched alkanes of at least 4 members (excludes halogenated alkanes) is 1. The number of benzene rings is 1. The second-order valence-electron chi connectivity index (χ2n) is 6.91. The van der Waals surface area contributed by atoms with Gasteiger partial charge in [0.2, 0.25) is 0 Å². The van der Waals surface area contributed by atoms with Gasteiger partial charge in [0.15, 0.2) is 5.54 Å². The van der Waals surface area contributed by atoms with Crippen LogP contribution in [-0.4, -0.2) is 77.6 Å². The van der Waals surface area contributed by atoms with Gasteiger partial charge in [-0.1, -0.05) is 56.2 Å². The molecule has 3 rings (SSSR count). The number of barbiturate groups is 1. The fraction of sp³-hybridized carbons (Fsp3) is 0.550. The number of piperazine rings is 1. The molecule has 2 fully saturated rings. The lowest BCUT2D eigenvalue weighted by Gasteiger charge is -2.46. The van der Waals surface area contributed by atoms with Crippen LogP contribution in [-0.2, 0) is 9.59 Å². The Bertz CT molecular complexity index is 598. The number of nitrogens with one attached hydrogen (secondary N) is 2. The molecule has 0 aromatic heterocycles. The zero-order chi connectivity index (χ0) is 20.4. The van der Waals surface area contributed by atoms with E-state index in [1.54, 1.807) is 0 Å². The van der Waals surface area contributed by atoms with E-state index in [-0.39, 0.29) is 6.61 Å². The van der Waals surface area contributed by atoms with Gasteiger partial charge in [-0.2, -0.15) is 0 Å². The highest BCUT2D eigenvalue weighted by Crippen LogP contribution is 2.27. The topological polar surface area (TPSA) is 102 Å². The number of urea groups is 1. The van der Waals surface area contributed by atoms with Gasteiger partial charge in [-0.05, 0) is 6.42 Å². The lowest BCUT2D eigenvalue weighted by molar-refractivity contribution is -0.150. The Morgan fingerprint density at radius 2 is 1.43 bits per heavy atom. The van der Waals surface area contributed by atoms with Gasteiger partial charge in [0.1, 0.15) is 0 Å². The maximum atomic E-state index is 12.5. The Balaban J connectivity index is 0.000000397. The fourth-order valence-electron chi connectivity index (χ4n) is 3.53. The number of rotatable bonds is 6. The fourth-order valence-corrected chi connectivity index (χ4v) is 3.53. The van der Waals surface area contributed by atoms with E-state index in [0.29, 0.717) is 39.1 Å². The number of aliphatic hydroxyl groups is 1. The Morgan fingerprint density at radius 1 is 0.929 bits per heavy atom. The Kier molecular flexibility index (Phi) is 8.56. The van der Waals surface area contributed by atoms with Crippen LogP contribution >= 0.6 is 0 Å². The molecule has 28 heavy (non-hydrogen) atoms. The van der Waals surface area contributed by atoms with Crippen molar-refractivity contribution in [1.82, 2.24) is 20.4 Å². The van der Waals surface area contributed by atoms with E-state index in [2.05, 4.69) is 15.5 Å². The van der Waals surface area contributed by atoms with Crippen molar-refractivity contribution in [3.05, 3.63) is 36.4 Å². The minimum absolute atomic E-state index is 0.0937. The zero-order valence-corrected chi connectivity index (χ0v) is 16.4. The van der Waals surface area contributed by atoms with Crippen LogP contribution in [0, 0.1) is 0 Å². The molecule has 2 aliphatic rings. The summed E-state index contributed by atoms with van der Waals surface area (Å²) in [5, 5.41) is 13.5. The van der Waals surface area contributed by atoms with Crippen LogP contribution < -0.4 is 10.6 Å². The molecule has 2 aliphatic heterocycles. The first-order chi connectivity index (χ1) is 13.5. The Hall–Kier alpha value is -2.29. The summed E-state index contributed by atoms with van der Waals surface area (Å²) in [6.45, 7) is 5.16. The van der Waals surface area contributed by atoms with E-state index in [9.17, 15) is 14.4 Å². The van der Waals surface area contributed by atoms with Crippen LogP contribution in [0.5, 0.6) is 0 Å². The van der Waals surface area contributed by atoms with Crippen LogP contribution in [0.15, 0.2) is 36.4 Å². The first-order valence-electron chi connectivity index (χ1n) is 9.79. The van der Waals surface area contributed by atoms with E-state index in [4.69, 9.17) is 5.11 Å². The minimum atomic E-state index is -1.30. The molecule has 1 aromatic rings. The van der Waals surface area contributed by atoms with E-state index in [1.165, 1.54) is 0 Å². The average Bonchev–Trinajstić information content (AvgIpc) is 2.71. The van der Waals surface area contributed by atoms with Crippen LogP contribution in [0.25, 0.3) is 0 Å². The van der Waals surface area contributed by atoms with Crippen molar-refractivity contribution in [1.29, 1.82) is 0 Å². The number of carbonyl (C=O) groups excluding carboxylic acids is 3. The molecule has 0 atom stereocenters. The molecule has 2 saturated heterocycles. The maximum Gasteiger partial charge on any atom is 0.328 e. The van der Waals surface area contributed by atoms with Gasteiger partial charge in [0, 0.05) is 32.7 Å². The predicted octanol–water partition coefficient (Wildman–Crippen LogP) is 0.578. The smallest absolute Gasteiger partial charge is 0.328 e. The van der Waals surface area contributed by atoms with Gasteiger partial charge in [-0.3, -0.25) is 30.0 Å². The monoisotopic (exact) mass is 390 g/mol. The van der Waals surface area contributed by atoms with Crippen molar-refractivity contribution in [2.45, 2.75) is 31.7 Å². The third kappa shape index (κ3) is 5.37. The summed E-state index contributed by atoms with van der Waals surface area (Å²) in [6, 6.07) is 11.3. The molecule has 1 aromatic carbocycles. The van der Waals surface area contributed by atoms with Crippen molar-refractivity contribution >= 4 is 17.8 Å². The molecular weight excluding hydrogens is 360 g/mol. The number of nitrogens with zero attached hydrogens (tertiary/aromatic N) is 2. The molecule has 0 aliphatic carbocycles. The highest BCUT2D eigenvalue weighted by molar-refractivity contribution is 6.22. The van der Waals surface area contributed by atoms with Crippen molar-refractivity contribution in [2.75, 3.05) is 39.3 Å². The summed E-state index contributed by atoms with van der Waals surface area (Å²) in [6.07, 6.45) is 1.99. The van der Waals surface area contributed by atoms with Gasteiger partial charge in [-0.25, -0.2) is 4.79 Å². The second-order valence-corrected chi connectivity index (χ2v) is 6.91. The molecule has 8 heteroatoms. The van der Waals surface area contributed by atoms with Crippen molar-refractivity contribution < 1.29 is 19.5 Å². The molecule has 154 valence electrons. The molecule has 0 bridgehead atoms. The van der Waals surface area contributed by atoms with Gasteiger partial charge < -0.3 is 5.11 Å². The summed E-state index contributed by atoms with van der Waals surface area (Å²) in [5.74, 6) is -1.05. The van der Waals surface area contributed by atoms with E-state index in [1.807, 2.05) is 48.2 Å².